The summed E-state index contributed by atoms with van der Waals surface area (Å²) in [5.41, 5.74) is 2.83. The molecule has 0 saturated carbocycles. The molecule has 0 N–H and O–H groups in total. The fourth-order valence-corrected chi connectivity index (χ4v) is 13.9. The molecule has 5 aromatic rings. The number of halogens is 1. The molecule has 1 aliphatic heterocycles. The fraction of sp³-hybridized carbons (Fsp3) is 0.132. The Morgan fingerprint density at radius 3 is 1.76 bits per heavy atom. The molecule has 210 valence electrons. The fourth-order valence-electron chi connectivity index (χ4n) is 6.63. The zero-order valence-corrected chi connectivity index (χ0v) is 25.2. The Morgan fingerprint density at radius 1 is 0.714 bits per heavy atom. The summed E-state index contributed by atoms with van der Waals surface area (Å²) in [7, 11) is 0. The average molecular weight is 589 g/mol. The molecule has 5 aromatic carbocycles. The number of ketones is 1. The third-order valence-electron chi connectivity index (χ3n) is 8.63. The maximum atomic E-state index is 13.7. The summed E-state index contributed by atoms with van der Waals surface area (Å²) < 4.78 is 5.94. The van der Waals surface area contributed by atoms with Crippen LogP contribution in [0.4, 0.5) is 0 Å². The molecule has 0 atom stereocenters. The predicted octanol–water partition coefficient (Wildman–Crippen LogP) is 8.35. The van der Waals surface area contributed by atoms with Gasteiger partial charge >= 0.3 is 236 Å². The Labute approximate surface area is 253 Å². The molecule has 0 unspecified atom stereocenters. The van der Waals surface area contributed by atoms with Gasteiger partial charge < -0.3 is 0 Å². The van der Waals surface area contributed by atoms with Crippen LogP contribution in [0, 0.1) is 0 Å². The average Bonchev–Trinajstić information content (AvgIpc) is 3.06. The Hall–Kier alpha value is -3.97. The van der Waals surface area contributed by atoms with Gasteiger partial charge in [-0.2, -0.15) is 0 Å². The van der Waals surface area contributed by atoms with E-state index in [0.717, 1.165) is 30.7 Å². The van der Waals surface area contributed by atoms with Gasteiger partial charge in [-0.05, 0) is 0 Å². The molecule has 1 heterocycles. The van der Waals surface area contributed by atoms with Crippen molar-refractivity contribution >= 4 is 39.9 Å². The van der Waals surface area contributed by atoms with E-state index in [1.54, 1.807) is 12.1 Å². The molecule has 0 bridgehead atoms. The van der Waals surface area contributed by atoms with Crippen LogP contribution in [0.3, 0.4) is 0 Å². The van der Waals surface area contributed by atoms with E-state index < -0.39 is 6.60 Å². The van der Waals surface area contributed by atoms with Gasteiger partial charge in [0.1, 0.15) is 0 Å². The van der Waals surface area contributed by atoms with Gasteiger partial charge in [-0.15, -0.1) is 0 Å². The first-order valence-electron chi connectivity index (χ1n) is 14.5. The van der Waals surface area contributed by atoms with E-state index in [9.17, 15) is 4.79 Å². The summed E-state index contributed by atoms with van der Waals surface area (Å²) in [6.45, 7) is -2.52. The quantitative estimate of drug-likeness (QED) is 0.103. The van der Waals surface area contributed by atoms with Crippen molar-refractivity contribution in [1.29, 1.82) is 0 Å². The van der Waals surface area contributed by atoms with Gasteiger partial charge in [0.25, 0.3) is 0 Å². The van der Waals surface area contributed by atoms with Crippen molar-refractivity contribution < 1.29 is 9.53 Å². The molecule has 0 spiro atoms. The number of ether oxygens (including phenoxy) is 1. The Bertz CT molecular complexity index is 1600. The SMILES string of the molecule is O=C(/C=C1\CCCP(c2ccccc2)(c2ccccc2)(c2ccccc2)C1)c1ccc(OCc2ccccc2)c(Cl)c1. The molecule has 0 radical (unpaired) electrons. The molecule has 4 heteroatoms. The van der Waals surface area contributed by atoms with Crippen molar-refractivity contribution in [3.05, 3.63) is 167 Å². The first-order valence-corrected chi connectivity index (χ1v) is 17.4. The van der Waals surface area contributed by atoms with Crippen molar-refractivity contribution in [2.45, 2.75) is 19.4 Å². The first-order chi connectivity index (χ1) is 20.6. The van der Waals surface area contributed by atoms with E-state index in [4.69, 9.17) is 16.3 Å². The van der Waals surface area contributed by atoms with Gasteiger partial charge in [0, 0.05) is 0 Å². The zero-order valence-electron chi connectivity index (χ0n) is 23.5. The standard InChI is InChI=1S/C38H34ClO2P/c39-36-27-32(23-24-38(36)41-28-30-14-5-1-6-15-30)37(40)26-31-16-13-25-42(29-31,33-17-7-2-8-18-33,34-19-9-3-10-20-34)35-21-11-4-12-22-35/h1-12,14-15,17-24,26-27H,13,16,25,28-29H2/b31-26+. The third kappa shape index (κ3) is 5.22. The number of carbonyl (C=O) groups excluding carboxylic acids is 1. The Kier molecular flexibility index (Phi) is 8.11. The van der Waals surface area contributed by atoms with Crippen LogP contribution in [-0.4, -0.2) is 18.1 Å². The van der Waals surface area contributed by atoms with Crippen LogP contribution >= 0.6 is 18.2 Å². The number of allylic oxidation sites excluding steroid dienone is 2. The van der Waals surface area contributed by atoms with E-state index in [0.29, 0.717) is 22.9 Å². The van der Waals surface area contributed by atoms with E-state index in [2.05, 4.69) is 91.0 Å². The topological polar surface area (TPSA) is 26.3 Å². The number of hydrogen-bond acceptors (Lipinski definition) is 2. The second kappa shape index (κ2) is 12.1. The minimum absolute atomic E-state index is 0.0193. The van der Waals surface area contributed by atoms with Crippen molar-refractivity contribution in [3.63, 3.8) is 0 Å². The van der Waals surface area contributed by atoms with Gasteiger partial charge in [-0.3, -0.25) is 0 Å². The maximum absolute atomic E-state index is 13.7. The van der Waals surface area contributed by atoms with Gasteiger partial charge in [-0.25, -0.2) is 0 Å². The Morgan fingerprint density at radius 2 is 1.24 bits per heavy atom. The number of benzene rings is 5. The van der Waals surface area contributed by atoms with Crippen LogP contribution < -0.4 is 20.7 Å². The molecule has 0 aromatic heterocycles. The van der Waals surface area contributed by atoms with Crippen LogP contribution in [0.1, 0.15) is 28.8 Å². The molecule has 1 saturated heterocycles. The molecule has 42 heavy (non-hydrogen) atoms. The number of rotatable bonds is 8. The molecule has 6 rings (SSSR count). The monoisotopic (exact) mass is 588 g/mol. The van der Waals surface area contributed by atoms with Crippen LogP contribution in [-0.2, 0) is 6.61 Å². The first kappa shape index (κ1) is 28.2. The molecular formula is C38H34ClO2P. The van der Waals surface area contributed by atoms with Crippen LogP contribution in [0.25, 0.3) is 0 Å². The summed E-state index contributed by atoms with van der Waals surface area (Å²) in [5.74, 6) is 0.554. The zero-order chi connectivity index (χ0) is 28.9. The summed E-state index contributed by atoms with van der Waals surface area (Å²) >= 11 is 6.60. The van der Waals surface area contributed by atoms with Crippen LogP contribution in [0.2, 0.25) is 5.02 Å². The normalized spacial score (nSPS) is 17.5. The Balaban J connectivity index is 1.38. The van der Waals surface area contributed by atoms with Gasteiger partial charge in [0.15, 0.2) is 0 Å². The van der Waals surface area contributed by atoms with Gasteiger partial charge in [-0.1, -0.05) is 18.2 Å². The summed E-state index contributed by atoms with van der Waals surface area (Å²) in [6.07, 6.45) is 5.73. The second-order valence-corrected chi connectivity index (χ2v) is 16.8. The number of carbonyl (C=O) groups is 1. The predicted molar refractivity (Wildman–Crippen MR) is 179 cm³/mol. The molecule has 1 aliphatic rings. The molecule has 0 amide bonds. The van der Waals surface area contributed by atoms with E-state index in [1.807, 2.05) is 42.5 Å². The summed E-state index contributed by atoms with van der Waals surface area (Å²) in [4.78, 5) is 13.7. The van der Waals surface area contributed by atoms with Gasteiger partial charge in [0.2, 0.25) is 0 Å². The summed E-state index contributed by atoms with van der Waals surface area (Å²) in [6, 6.07) is 48.3. The molecule has 1 fully saturated rings. The number of hydrogen-bond donors (Lipinski definition) is 0. The van der Waals surface area contributed by atoms with E-state index in [-0.39, 0.29) is 5.78 Å². The molecule has 0 aliphatic carbocycles. The van der Waals surface area contributed by atoms with Crippen molar-refractivity contribution in [3.8, 4) is 5.75 Å². The van der Waals surface area contributed by atoms with Gasteiger partial charge in [0.05, 0.1) is 0 Å². The van der Waals surface area contributed by atoms with Crippen molar-refractivity contribution in [2.24, 2.45) is 0 Å². The molecular weight excluding hydrogens is 555 g/mol. The van der Waals surface area contributed by atoms with Crippen LogP contribution in [0.5, 0.6) is 5.75 Å². The molecule has 2 nitrogen and oxygen atoms in total. The van der Waals surface area contributed by atoms with Crippen LogP contribution in [0.15, 0.2) is 151 Å². The minimum atomic E-state index is -2.94. The van der Waals surface area contributed by atoms with E-state index >= 15 is 0 Å². The third-order valence-corrected chi connectivity index (χ3v) is 16.0. The second-order valence-electron chi connectivity index (χ2n) is 11.1. The van der Waals surface area contributed by atoms with Crippen molar-refractivity contribution in [1.82, 2.24) is 0 Å². The van der Waals surface area contributed by atoms with E-state index in [1.165, 1.54) is 21.5 Å². The van der Waals surface area contributed by atoms with Crippen molar-refractivity contribution in [2.75, 3.05) is 12.3 Å². The summed E-state index contributed by atoms with van der Waals surface area (Å²) in [5, 5.41) is 4.57.